The van der Waals surface area contributed by atoms with Crippen LogP contribution < -0.4 is 10.6 Å². The molecule has 9 heteroatoms. The molecule has 29 heavy (non-hydrogen) atoms. The lowest BCUT2D eigenvalue weighted by Gasteiger charge is -2.43. The van der Waals surface area contributed by atoms with Crippen molar-refractivity contribution in [3.8, 4) is 0 Å². The molecule has 0 aliphatic carbocycles. The molecule has 1 aliphatic rings. The molecule has 1 fully saturated rings. The van der Waals surface area contributed by atoms with E-state index >= 15 is 0 Å². The molecule has 158 valence electrons. The van der Waals surface area contributed by atoms with E-state index in [1.807, 2.05) is 19.9 Å². The highest BCUT2D eigenvalue weighted by Gasteiger charge is 2.40. The summed E-state index contributed by atoms with van der Waals surface area (Å²) in [7, 11) is 1.53. The molecule has 1 atom stereocenters. The van der Waals surface area contributed by atoms with Crippen molar-refractivity contribution in [2.24, 2.45) is 11.3 Å². The first kappa shape index (κ1) is 21.4. The number of carbonyl (C=O) groups is 2. The number of hydrogen-bond donors (Lipinski definition) is 4. The predicted molar refractivity (Wildman–Crippen MR) is 112 cm³/mol. The number of aromatic amines is 1. The summed E-state index contributed by atoms with van der Waals surface area (Å²) in [5.74, 6) is -0.0124. The summed E-state index contributed by atoms with van der Waals surface area (Å²) in [5.41, 5.74) is 1.11. The van der Waals surface area contributed by atoms with Crippen LogP contribution in [0.2, 0.25) is 5.02 Å². The van der Waals surface area contributed by atoms with Crippen LogP contribution in [0.25, 0.3) is 10.9 Å². The van der Waals surface area contributed by atoms with Crippen LogP contribution in [0, 0.1) is 11.3 Å². The van der Waals surface area contributed by atoms with E-state index in [4.69, 9.17) is 11.6 Å². The Morgan fingerprint density at radius 3 is 2.72 bits per heavy atom. The lowest BCUT2D eigenvalue weighted by atomic mass is 9.68. The highest BCUT2D eigenvalue weighted by molar-refractivity contribution is 6.31. The monoisotopic (exact) mass is 421 g/mol. The summed E-state index contributed by atoms with van der Waals surface area (Å²) in [6.45, 7) is 5.22. The standard InChI is InChI=1S/C20H28ClN5O3/c1-20(2,18(28)15-9-14(21)8-12-10-24-25-17(12)15)13-4-6-26(7-5-13)19(29)23-11-16(27)22-3/h8-10,13,18,28H,4-7,11H2,1-3H3,(H,22,27)(H,23,29)(H,24,25)/t18-/m1/s1. The summed E-state index contributed by atoms with van der Waals surface area (Å²) in [4.78, 5) is 25.3. The van der Waals surface area contributed by atoms with Gasteiger partial charge in [0.25, 0.3) is 0 Å². The molecule has 0 saturated carbocycles. The minimum atomic E-state index is -0.734. The molecule has 3 rings (SSSR count). The quantitative estimate of drug-likeness (QED) is 0.594. The van der Waals surface area contributed by atoms with E-state index in [0.717, 1.165) is 29.3 Å². The zero-order valence-electron chi connectivity index (χ0n) is 17.0. The van der Waals surface area contributed by atoms with Gasteiger partial charge in [-0.2, -0.15) is 5.10 Å². The van der Waals surface area contributed by atoms with E-state index in [1.165, 1.54) is 7.05 Å². The van der Waals surface area contributed by atoms with Crippen LogP contribution in [0.4, 0.5) is 4.79 Å². The first-order chi connectivity index (χ1) is 13.7. The van der Waals surface area contributed by atoms with Gasteiger partial charge in [0.2, 0.25) is 5.91 Å². The number of hydrogen-bond acceptors (Lipinski definition) is 4. The Bertz CT molecular complexity index is 889. The van der Waals surface area contributed by atoms with Crippen LogP contribution in [0.15, 0.2) is 18.3 Å². The second-order valence-corrected chi connectivity index (χ2v) is 8.58. The first-order valence-electron chi connectivity index (χ1n) is 9.78. The maximum absolute atomic E-state index is 12.2. The lowest BCUT2D eigenvalue weighted by molar-refractivity contribution is -0.119. The van der Waals surface area contributed by atoms with E-state index in [0.29, 0.717) is 18.1 Å². The largest absolute Gasteiger partial charge is 0.388 e. The topological polar surface area (TPSA) is 110 Å². The first-order valence-corrected chi connectivity index (χ1v) is 10.2. The average molecular weight is 422 g/mol. The van der Waals surface area contributed by atoms with Crippen molar-refractivity contribution in [3.05, 3.63) is 28.9 Å². The summed E-state index contributed by atoms with van der Waals surface area (Å²) in [6, 6.07) is 3.37. The number of aliphatic hydroxyl groups is 1. The molecule has 1 aromatic heterocycles. The van der Waals surface area contributed by atoms with Gasteiger partial charge >= 0.3 is 6.03 Å². The summed E-state index contributed by atoms with van der Waals surface area (Å²) in [6.07, 6.45) is 2.50. The van der Waals surface area contributed by atoms with Crippen LogP contribution in [0.5, 0.6) is 0 Å². The van der Waals surface area contributed by atoms with Crippen LogP contribution in [-0.4, -0.2) is 58.8 Å². The summed E-state index contributed by atoms with van der Waals surface area (Å²) in [5, 5.41) is 24.8. The van der Waals surface area contributed by atoms with Crippen molar-refractivity contribution >= 4 is 34.4 Å². The van der Waals surface area contributed by atoms with Crippen LogP contribution in [0.1, 0.15) is 38.4 Å². The Kier molecular flexibility index (Phi) is 6.33. The molecular weight excluding hydrogens is 394 g/mol. The molecule has 1 aliphatic heterocycles. The number of urea groups is 1. The van der Waals surface area contributed by atoms with Crippen LogP contribution in [-0.2, 0) is 4.79 Å². The lowest BCUT2D eigenvalue weighted by Crippen LogP contribution is -2.49. The molecule has 2 heterocycles. The average Bonchev–Trinajstić information content (AvgIpc) is 3.18. The Morgan fingerprint density at radius 2 is 2.07 bits per heavy atom. The molecule has 8 nitrogen and oxygen atoms in total. The van der Waals surface area contributed by atoms with E-state index in [1.54, 1.807) is 17.2 Å². The molecule has 0 radical (unpaired) electrons. The van der Waals surface area contributed by atoms with E-state index in [2.05, 4.69) is 20.8 Å². The number of H-pyrrole nitrogens is 1. The molecule has 1 aromatic carbocycles. The van der Waals surface area contributed by atoms with Crippen molar-refractivity contribution in [2.45, 2.75) is 32.8 Å². The number of aliphatic hydroxyl groups excluding tert-OH is 1. The minimum Gasteiger partial charge on any atom is -0.388 e. The number of rotatable bonds is 5. The zero-order valence-corrected chi connectivity index (χ0v) is 17.7. The molecule has 0 spiro atoms. The summed E-state index contributed by atoms with van der Waals surface area (Å²) >= 11 is 6.24. The van der Waals surface area contributed by atoms with Gasteiger partial charge in [0.05, 0.1) is 24.4 Å². The maximum Gasteiger partial charge on any atom is 0.317 e. The van der Waals surface area contributed by atoms with E-state index < -0.39 is 11.5 Å². The molecule has 3 amide bonds. The number of aromatic nitrogens is 2. The highest BCUT2D eigenvalue weighted by Crippen LogP contribution is 2.46. The Morgan fingerprint density at radius 1 is 1.38 bits per heavy atom. The Balaban J connectivity index is 1.67. The number of amides is 3. The van der Waals surface area contributed by atoms with Gasteiger partial charge in [0.15, 0.2) is 0 Å². The fourth-order valence-electron chi connectivity index (χ4n) is 4.07. The van der Waals surface area contributed by atoms with E-state index in [-0.39, 0.29) is 24.4 Å². The van der Waals surface area contributed by atoms with Crippen LogP contribution >= 0.6 is 11.6 Å². The number of carbonyl (C=O) groups excluding carboxylic acids is 2. The molecule has 4 N–H and O–H groups in total. The second-order valence-electron chi connectivity index (χ2n) is 8.15. The Labute approximate surface area is 175 Å². The van der Waals surface area contributed by atoms with Crippen molar-refractivity contribution in [3.63, 3.8) is 0 Å². The molecule has 0 unspecified atom stereocenters. The van der Waals surface area contributed by atoms with Gasteiger partial charge in [0.1, 0.15) is 0 Å². The molecule has 2 aromatic rings. The Hall–Kier alpha value is -2.32. The van der Waals surface area contributed by atoms with Gasteiger partial charge in [-0.25, -0.2) is 4.79 Å². The third kappa shape index (κ3) is 4.48. The van der Waals surface area contributed by atoms with Crippen molar-refractivity contribution in [2.75, 3.05) is 26.7 Å². The highest BCUT2D eigenvalue weighted by atomic mass is 35.5. The maximum atomic E-state index is 12.2. The number of likely N-dealkylation sites (N-methyl/N-ethyl adjacent to an activating group) is 1. The number of halogens is 1. The molecular formula is C20H28ClN5O3. The van der Waals surface area contributed by atoms with Gasteiger partial charge in [-0.3, -0.25) is 9.89 Å². The normalized spacial score (nSPS) is 16.7. The van der Waals surface area contributed by atoms with Gasteiger partial charge in [-0.1, -0.05) is 25.4 Å². The van der Waals surface area contributed by atoms with Crippen molar-refractivity contribution in [1.82, 2.24) is 25.7 Å². The molecule has 1 saturated heterocycles. The smallest absolute Gasteiger partial charge is 0.317 e. The third-order valence-corrected chi connectivity index (χ3v) is 6.28. The van der Waals surface area contributed by atoms with Gasteiger partial charge < -0.3 is 20.6 Å². The van der Waals surface area contributed by atoms with Crippen molar-refractivity contribution < 1.29 is 14.7 Å². The number of nitrogens with one attached hydrogen (secondary N) is 3. The number of likely N-dealkylation sites (tertiary alicyclic amines) is 1. The fourth-order valence-corrected chi connectivity index (χ4v) is 4.30. The SMILES string of the molecule is CNC(=O)CNC(=O)N1CCC(C(C)(C)[C@H](O)c2cc(Cl)cc3cn[nH]c23)CC1. The van der Waals surface area contributed by atoms with Gasteiger partial charge in [0, 0.05) is 36.1 Å². The zero-order chi connectivity index (χ0) is 21.2. The van der Waals surface area contributed by atoms with Gasteiger partial charge in [-0.15, -0.1) is 0 Å². The second kappa shape index (κ2) is 8.59. The minimum absolute atomic E-state index is 0.0333. The van der Waals surface area contributed by atoms with Crippen molar-refractivity contribution in [1.29, 1.82) is 0 Å². The predicted octanol–water partition coefficient (Wildman–Crippen LogP) is 2.44. The number of nitrogens with zero attached hydrogens (tertiary/aromatic N) is 2. The van der Waals surface area contributed by atoms with Gasteiger partial charge in [-0.05, 0) is 36.3 Å². The fraction of sp³-hybridized carbons (Fsp3) is 0.550. The number of piperidine rings is 1. The number of fused-ring (bicyclic) bond motifs is 1. The van der Waals surface area contributed by atoms with Crippen LogP contribution in [0.3, 0.4) is 0 Å². The molecule has 0 bridgehead atoms. The summed E-state index contributed by atoms with van der Waals surface area (Å²) < 4.78 is 0. The number of benzene rings is 1. The third-order valence-electron chi connectivity index (χ3n) is 6.06. The van der Waals surface area contributed by atoms with E-state index in [9.17, 15) is 14.7 Å².